The van der Waals surface area contributed by atoms with Crippen LogP contribution in [0.15, 0.2) is 12.4 Å². The van der Waals surface area contributed by atoms with Gasteiger partial charge in [-0.3, -0.25) is 0 Å². The second kappa shape index (κ2) is 5.45. The van der Waals surface area contributed by atoms with E-state index >= 15 is 0 Å². The van der Waals surface area contributed by atoms with Crippen molar-refractivity contribution in [3.8, 4) is 0 Å². The smallest absolute Gasteiger partial charge is 0.225 e. The molecule has 1 N–H and O–H groups in total. The standard InChI is InChI=1S/C11H17IN4O/c1-15(2)6-9-3-10(17)7-16(9)11-13-4-8(12)5-14-11/h4-5,9-10,17H,3,6-7H2,1-2H3. The van der Waals surface area contributed by atoms with E-state index in [-0.39, 0.29) is 6.10 Å². The predicted molar refractivity (Wildman–Crippen MR) is 75.1 cm³/mol. The summed E-state index contributed by atoms with van der Waals surface area (Å²) in [7, 11) is 4.08. The second-order valence-corrected chi connectivity index (χ2v) is 5.90. The van der Waals surface area contributed by atoms with Crippen molar-refractivity contribution in [1.82, 2.24) is 14.9 Å². The maximum absolute atomic E-state index is 9.78. The van der Waals surface area contributed by atoms with Gasteiger partial charge in [-0.2, -0.15) is 0 Å². The van der Waals surface area contributed by atoms with E-state index in [9.17, 15) is 5.11 Å². The zero-order valence-electron chi connectivity index (χ0n) is 10.0. The average Bonchev–Trinajstić information content (AvgIpc) is 2.59. The normalized spacial score (nSPS) is 24.6. The van der Waals surface area contributed by atoms with Gasteiger partial charge in [0.05, 0.1) is 6.10 Å². The molecule has 1 aromatic rings. The molecule has 1 aliphatic rings. The molecule has 0 aliphatic carbocycles. The monoisotopic (exact) mass is 348 g/mol. The van der Waals surface area contributed by atoms with E-state index in [2.05, 4.69) is 42.4 Å². The number of rotatable bonds is 3. The van der Waals surface area contributed by atoms with Gasteiger partial charge in [-0.1, -0.05) is 0 Å². The third kappa shape index (κ3) is 3.26. The van der Waals surface area contributed by atoms with Crippen molar-refractivity contribution in [1.29, 1.82) is 0 Å². The maximum Gasteiger partial charge on any atom is 0.225 e. The van der Waals surface area contributed by atoms with Gasteiger partial charge >= 0.3 is 0 Å². The van der Waals surface area contributed by atoms with Crippen molar-refractivity contribution < 1.29 is 5.11 Å². The number of nitrogens with zero attached hydrogens (tertiary/aromatic N) is 4. The Kier molecular flexibility index (Phi) is 4.16. The third-order valence-electron chi connectivity index (χ3n) is 2.83. The minimum Gasteiger partial charge on any atom is -0.391 e. The Morgan fingerprint density at radius 1 is 1.47 bits per heavy atom. The largest absolute Gasteiger partial charge is 0.391 e. The first-order chi connectivity index (χ1) is 8.06. The second-order valence-electron chi connectivity index (χ2n) is 4.66. The van der Waals surface area contributed by atoms with Gasteiger partial charge in [0.15, 0.2) is 0 Å². The third-order valence-corrected chi connectivity index (χ3v) is 3.39. The molecule has 0 aromatic carbocycles. The van der Waals surface area contributed by atoms with Crippen LogP contribution in [0.25, 0.3) is 0 Å². The number of aliphatic hydroxyl groups is 1. The molecule has 2 atom stereocenters. The van der Waals surface area contributed by atoms with Crippen molar-refractivity contribution >= 4 is 28.5 Å². The topological polar surface area (TPSA) is 52.5 Å². The first kappa shape index (κ1) is 13.0. The molecule has 0 radical (unpaired) electrons. The van der Waals surface area contributed by atoms with Gasteiger partial charge in [0.2, 0.25) is 5.95 Å². The van der Waals surface area contributed by atoms with E-state index < -0.39 is 0 Å². The zero-order chi connectivity index (χ0) is 12.4. The summed E-state index contributed by atoms with van der Waals surface area (Å²) in [6.07, 6.45) is 4.12. The highest BCUT2D eigenvalue weighted by Crippen LogP contribution is 2.23. The van der Waals surface area contributed by atoms with Crippen LogP contribution < -0.4 is 4.90 Å². The molecule has 2 unspecified atom stereocenters. The van der Waals surface area contributed by atoms with Crippen LogP contribution in [0.4, 0.5) is 5.95 Å². The van der Waals surface area contributed by atoms with Crippen LogP contribution in [0.3, 0.4) is 0 Å². The van der Waals surface area contributed by atoms with Gasteiger partial charge in [0.25, 0.3) is 0 Å². The van der Waals surface area contributed by atoms with E-state index in [1.807, 2.05) is 14.1 Å². The molecule has 2 heterocycles. The molecule has 1 aliphatic heterocycles. The molecule has 0 bridgehead atoms. The minimum atomic E-state index is -0.275. The van der Waals surface area contributed by atoms with Crippen molar-refractivity contribution in [2.45, 2.75) is 18.6 Å². The molecule has 0 saturated carbocycles. The van der Waals surface area contributed by atoms with Crippen LogP contribution in [0.2, 0.25) is 0 Å². The molecular weight excluding hydrogens is 331 g/mol. The lowest BCUT2D eigenvalue weighted by molar-refractivity contribution is 0.191. The molecule has 2 rings (SSSR count). The summed E-state index contributed by atoms with van der Waals surface area (Å²) >= 11 is 2.19. The zero-order valence-corrected chi connectivity index (χ0v) is 12.2. The van der Waals surface area contributed by atoms with Gasteiger partial charge in [-0.15, -0.1) is 0 Å². The fourth-order valence-corrected chi connectivity index (χ4v) is 2.46. The number of halogens is 1. The molecule has 17 heavy (non-hydrogen) atoms. The fraction of sp³-hybridized carbons (Fsp3) is 0.636. The molecule has 6 heteroatoms. The molecule has 0 amide bonds. The van der Waals surface area contributed by atoms with Crippen molar-refractivity contribution in [2.75, 3.05) is 32.1 Å². The van der Waals surface area contributed by atoms with E-state index in [4.69, 9.17) is 0 Å². The maximum atomic E-state index is 9.78. The van der Waals surface area contributed by atoms with Gasteiger partial charge in [0, 0.05) is 35.1 Å². The lowest BCUT2D eigenvalue weighted by Gasteiger charge is -2.26. The first-order valence-electron chi connectivity index (χ1n) is 5.63. The summed E-state index contributed by atoms with van der Waals surface area (Å²) in [4.78, 5) is 12.9. The van der Waals surface area contributed by atoms with Gasteiger partial charge in [0.1, 0.15) is 0 Å². The number of aromatic nitrogens is 2. The molecular formula is C11H17IN4O. The highest BCUT2D eigenvalue weighted by Gasteiger charge is 2.32. The van der Waals surface area contributed by atoms with E-state index in [0.717, 1.165) is 16.5 Å². The molecule has 94 valence electrons. The van der Waals surface area contributed by atoms with Crippen LogP contribution in [0, 0.1) is 3.57 Å². The van der Waals surface area contributed by atoms with Gasteiger partial charge in [-0.05, 0) is 43.1 Å². The number of aliphatic hydroxyl groups excluding tert-OH is 1. The SMILES string of the molecule is CN(C)CC1CC(O)CN1c1ncc(I)cn1. The number of anilines is 1. The Hall–Kier alpha value is -0.470. The number of hydrogen-bond acceptors (Lipinski definition) is 5. The molecule has 0 spiro atoms. The van der Waals surface area contributed by atoms with Crippen LogP contribution in [0.5, 0.6) is 0 Å². The summed E-state index contributed by atoms with van der Waals surface area (Å²) in [5.41, 5.74) is 0. The predicted octanol–water partition coefficient (Wildman–Crippen LogP) is 0.582. The molecule has 1 aromatic heterocycles. The van der Waals surface area contributed by atoms with Gasteiger partial charge in [-0.25, -0.2) is 9.97 Å². The molecule has 5 nitrogen and oxygen atoms in total. The summed E-state index contributed by atoms with van der Waals surface area (Å²) in [5.74, 6) is 0.716. The Morgan fingerprint density at radius 3 is 2.71 bits per heavy atom. The first-order valence-corrected chi connectivity index (χ1v) is 6.71. The van der Waals surface area contributed by atoms with E-state index in [1.54, 1.807) is 12.4 Å². The highest BCUT2D eigenvalue weighted by molar-refractivity contribution is 14.1. The summed E-state index contributed by atoms with van der Waals surface area (Å²) in [6, 6.07) is 0.292. The fourth-order valence-electron chi connectivity index (χ4n) is 2.19. The van der Waals surface area contributed by atoms with Crippen LogP contribution in [-0.2, 0) is 0 Å². The Balaban J connectivity index is 2.14. The van der Waals surface area contributed by atoms with Gasteiger partial charge < -0.3 is 14.9 Å². The summed E-state index contributed by atoms with van der Waals surface area (Å²) in [6.45, 7) is 1.53. The highest BCUT2D eigenvalue weighted by atomic mass is 127. The van der Waals surface area contributed by atoms with Crippen LogP contribution in [0.1, 0.15) is 6.42 Å². The van der Waals surface area contributed by atoms with Crippen LogP contribution >= 0.6 is 22.6 Å². The summed E-state index contributed by atoms with van der Waals surface area (Å²) < 4.78 is 1.02. The van der Waals surface area contributed by atoms with Crippen LogP contribution in [-0.4, -0.2) is 59.3 Å². The Labute approximate surface area is 115 Å². The lowest BCUT2D eigenvalue weighted by atomic mass is 10.2. The average molecular weight is 348 g/mol. The number of β-amino-alcohol motifs (C(OH)–C–C–N with tert-alkyl or cyclic N) is 1. The van der Waals surface area contributed by atoms with E-state index in [0.29, 0.717) is 18.5 Å². The summed E-state index contributed by atoms with van der Waals surface area (Å²) in [5, 5.41) is 9.78. The Morgan fingerprint density at radius 2 is 2.12 bits per heavy atom. The minimum absolute atomic E-state index is 0.275. The van der Waals surface area contributed by atoms with Crippen molar-refractivity contribution in [3.05, 3.63) is 16.0 Å². The number of hydrogen-bond donors (Lipinski definition) is 1. The number of likely N-dealkylation sites (N-methyl/N-ethyl adjacent to an activating group) is 1. The van der Waals surface area contributed by atoms with E-state index in [1.165, 1.54) is 0 Å². The Bertz CT molecular complexity index is 370. The molecule has 1 fully saturated rings. The quantitative estimate of drug-likeness (QED) is 0.810. The van der Waals surface area contributed by atoms with Crippen molar-refractivity contribution in [2.24, 2.45) is 0 Å². The lowest BCUT2D eigenvalue weighted by Crippen LogP contribution is -2.38. The molecule has 1 saturated heterocycles. The van der Waals surface area contributed by atoms with Crippen molar-refractivity contribution in [3.63, 3.8) is 0 Å².